The van der Waals surface area contributed by atoms with E-state index in [1.54, 1.807) is 35.2 Å². The number of nitrogens with two attached hydrogens (primary N) is 1. The van der Waals surface area contributed by atoms with E-state index in [-0.39, 0.29) is 70.8 Å². The maximum atomic E-state index is 14.1. The highest BCUT2D eigenvalue weighted by atomic mass is 16.7. The molecule has 15 heteroatoms. The number of hydrogen-bond acceptors (Lipinski definition) is 14. The molecule has 1 amide bonds. The van der Waals surface area contributed by atoms with Gasteiger partial charge in [0.25, 0.3) is 0 Å². The molecule has 6 atom stereocenters. The third kappa shape index (κ3) is 5.06. The summed E-state index contributed by atoms with van der Waals surface area (Å²) in [5.74, 6) is -3.34. The van der Waals surface area contributed by atoms with Gasteiger partial charge in [-0.15, -0.1) is 0 Å². The van der Waals surface area contributed by atoms with Crippen LogP contribution >= 0.6 is 0 Å². The maximum absolute atomic E-state index is 14.1. The number of aliphatic hydroxyl groups is 3. The summed E-state index contributed by atoms with van der Waals surface area (Å²) >= 11 is 0. The van der Waals surface area contributed by atoms with Crippen LogP contribution in [0.25, 0.3) is 0 Å². The Hall–Kier alpha value is -5.32. The van der Waals surface area contributed by atoms with Crippen molar-refractivity contribution in [3.63, 3.8) is 0 Å². The highest BCUT2D eigenvalue weighted by Gasteiger charge is 2.56. The van der Waals surface area contributed by atoms with E-state index in [9.17, 15) is 34.8 Å². The largest absolute Gasteiger partial charge is 0.504 e. The number of ether oxygens (including phenoxy) is 3. The van der Waals surface area contributed by atoms with Crippen LogP contribution in [0.1, 0.15) is 81.0 Å². The molecule has 6 N–H and O–H groups in total. The molecule has 4 heterocycles. The first-order chi connectivity index (χ1) is 25.6. The van der Waals surface area contributed by atoms with Crippen molar-refractivity contribution in [2.24, 2.45) is 20.7 Å². The molecule has 4 aliphatic heterocycles. The number of hydrogen-bond donors (Lipinski definition) is 5. The Balaban J connectivity index is 1.26. The zero-order valence-corrected chi connectivity index (χ0v) is 28.2. The third-order valence-corrected chi connectivity index (χ3v) is 11.2. The van der Waals surface area contributed by atoms with Crippen LogP contribution in [0.4, 0.5) is 5.69 Å². The smallest absolute Gasteiger partial charge is 0.302 e. The van der Waals surface area contributed by atoms with Crippen LogP contribution in [0, 0.1) is 0 Å². The van der Waals surface area contributed by atoms with Crippen molar-refractivity contribution >= 4 is 40.7 Å². The van der Waals surface area contributed by atoms with E-state index in [0.29, 0.717) is 24.1 Å². The van der Waals surface area contributed by atoms with Crippen molar-refractivity contribution in [1.29, 1.82) is 0 Å². The molecule has 53 heavy (non-hydrogen) atoms. The van der Waals surface area contributed by atoms with Gasteiger partial charge in [0.05, 0.1) is 11.2 Å². The number of carbonyl (C=O) groups excluding carboxylic acids is 3. The number of phenols is 1. The fourth-order valence-corrected chi connectivity index (χ4v) is 8.65. The Morgan fingerprint density at radius 2 is 1.57 bits per heavy atom. The van der Waals surface area contributed by atoms with Gasteiger partial charge in [0.2, 0.25) is 12.2 Å². The maximum Gasteiger partial charge on any atom is 0.302 e. The van der Waals surface area contributed by atoms with E-state index < -0.39 is 65.4 Å². The monoisotopic (exact) mass is 721 g/mol. The summed E-state index contributed by atoms with van der Waals surface area (Å²) < 4.78 is 19.3. The second-order valence-electron chi connectivity index (χ2n) is 14.1. The number of phenolic OH excluding ortho intramolecular Hbond substituents is 1. The molecule has 6 aliphatic rings. The number of fused-ring (bicyclic) bond motifs is 7. The van der Waals surface area contributed by atoms with Gasteiger partial charge in [0.15, 0.2) is 34.6 Å². The quantitative estimate of drug-likeness (QED) is 0.199. The first-order valence-corrected chi connectivity index (χ1v) is 17.5. The lowest BCUT2D eigenvalue weighted by atomic mass is 9.79. The minimum absolute atomic E-state index is 0.0220. The van der Waals surface area contributed by atoms with Crippen LogP contribution in [-0.2, 0) is 14.3 Å². The molecule has 0 aromatic heterocycles. The fourth-order valence-electron chi connectivity index (χ4n) is 8.65. The standard InChI is InChI=1S/C38H35N5O10/c39-37-41-34-25(35(50)42-37)40-16-43(34)23-10-4-3-7-18(23)17-11-14-51-38(12-5-6-13-38)33-30(48)29(47)31(49)36(53-33)52-32-21(17)15-22-24(28(32)46)27(45)20-9-2-1-8-19(20)26(22)44/h1-4,7-10,15,17,29-31,33,36,46-49H,5-6,11-14,16H2,(H2,39,42,50). The zero-order valence-electron chi connectivity index (χ0n) is 28.2. The average molecular weight is 722 g/mol. The molecule has 6 unspecified atom stereocenters. The number of aliphatic imine (C=N–C) groups is 3. The van der Waals surface area contributed by atoms with E-state index in [1.165, 1.54) is 12.1 Å². The van der Waals surface area contributed by atoms with E-state index in [4.69, 9.17) is 19.9 Å². The summed E-state index contributed by atoms with van der Waals surface area (Å²) in [7, 11) is 0. The zero-order chi connectivity index (χ0) is 36.8. The number of aromatic hydroxyl groups is 1. The molecule has 272 valence electrons. The Kier molecular flexibility index (Phi) is 7.83. The van der Waals surface area contributed by atoms with Crippen LogP contribution in [-0.4, -0.2) is 105 Å². The Morgan fingerprint density at radius 3 is 2.34 bits per heavy atom. The number of amidine groups is 1. The lowest BCUT2D eigenvalue weighted by molar-refractivity contribution is -0.309. The van der Waals surface area contributed by atoms with Gasteiger partial charge in [0.1, 0.15) is 31.1 Å². The number of ketones is 2. The number of nitrogens with zero attached hydrogens (tertiary/aromatic N) is 4. The Labute approximate surface area is 302 Å². The van der Waals surface area contributed by atoms with Gasteiger partial charge in [-0.05, 0) is 37.0 Å². The predicted octanol–water partition coefficient (Wildman–Crippen LogP) is 1.69. The Bertz CT molecular complexity index is 2190. The summed E-state index contributed by atoms with van der Waals surface area (Å²) in [6, 6.07) is 15.1. The lowest BCUT2D eigenvalue weighted by Crippen LogP contribution is -2.65. The van der Waals surface area contributed by atoms with E-state index >= 15 is 0 Å². The average Bonchev–Trinajstić information content (AvgIpc) is 3.81. The van der Waals surface area contributed by atoms with Gasteiger partial charge in [-0.25, -0.2) is 0 Å². The second kappa shape index (κ2) is 12.4. The van der Waals surface area contributed by atoms with Crippen molar-refractivity contribution in [3.8, 4) is 11.5 Å². The molecule has 0 radical (unpaired) electrons. The van der Waals surface area contributed by atoms with Gasteiger partial charge >= 0.3 is 5.91 Å². The number of guanidine groups is 1. The number of anilines is 1. The van der Waals surface area contributed by atoms with Gasteiger partial charge in [-0.2, -0.15) is 9.98 Å². The minimum atomic E-state index is -1.78. The molecular formula is C38H35N5O10. The minimum Gasteiger partial charge on any atom is -0.504 e. The van der Waals surface area contributed by atoms with Gasteiger partial charge in [-0.3, -0.25) is 19.4 Å². The highest BCUT2D eigenvalue weighted by molar-refractivity contribution is 6.72. The van der Waals surface area contributed by atoms with E-state index in [2.05, 4.69) is 15.0 Å². The first kappa shape index (κ1) is 33.5. The summed E-state index contributed by atoms with van der Waals surface area (Å²) in [6.07, 6.45) is -4.96. The van der Waals surface area contributed by atoms with Gasteiger partial charge in [-0.1, -0.05) is 55.3 Å². The molecular weight excluding hydrogens is 686 g/mol. The molecule has 3 aromatic rings. The van der Waals surface area contributed by atoms with E-state index in [0.717, 1.165) is 12.8 Å². The van der Waals surface area contributed by atoms with Crippen LogP contribution in [0.2, 0.25) is 0 Å². The number of rotatable bonds is 2. The molecule has 1 saturated heterocycles. The second-order valence-corrected chi connectivity index (χ2v) is 14.1. The SMILES string of the molecule is NC1=NC(=O)C2=NCN(c3ccccc3C3CCOC4(CCCC4)C4OC(Oc5c3cc3c(c5O)C(=O)c5ccccc5C3=O)C(O)C(O)C4O)C2=N1. The fraction of sp³-hybridized carbons (Fsp3) is 0.368. The molecule has 9 rings (SSSR count). The van der Waals surface area contributed by atoms with Crippen molar-refractivity contribution < 1.29 is 49.0 Å². The number of benzene rings is 3. The van der Waals surface area contributed by atoms with Gasteiger partial charge in [0, 0.05) is 40.5 Å². The molecule has 3 aromatic carbocycles. The molecule has 2 aliphatic carbocycles. The predicted molar refractivity (Wildman–Crippen MR) is 188 cm³/mol. The number of aliphatic hydroxyl groups excluding tert-OH is 3. The van der Waals surface area contributed by atoms with Crippen molar-refractivity contribution in [3.05, 3.63) is 88.0 Å². The van der Waals surface area contributed by atoms with Crippen LogP contribution < -0.4 is 15.4 Å². The summed E-state index contributed by atoms with van der Waals surface area (Å²) in [4.78, 5) is 54.9. The lowest BCUT2D eigenvalue weighted by Gasteiger charge is -2.47. The number of para-hydroxylation sites is 1. The van der Waals surface area contributed by atoms with Crippen molar-refractivity contribution in [2.45, 2.75) is 74.3 Å². The third-order valence-electron chi connectivity index (χ3n) is 11.2. The van der Waals surface area contributed by atoms with Crippen LogP contribution in [0.5, 0.6) is 11.5 Å². The van der Waals surface area contributed by atoms with Crippen molar-refractivity contribution in [1.82, 2.24) is 0 Å². The summed E-state index contributed by atoms with van der Waals surface area (Å²) in [5, 5.41) is 45.7. The number of amides is 1. The van der Waals surface area contributed by atoms with Gasteiger partial charge < -0.3 is 45.3 Å². The highest BCUT2D eigenvalue weighted by Crippen LogP contribution is 2.50. The summed E-state index contributed by atoms with van der Waals surface area (Å²) in [5.41, 5.74) is 6.33. The Morgan fingerprint density at radius 1 is 0.849 bits per heavy atom. The first-order valence-electron chi connectivity index (χ1n) is 17.5. The summed E-state index contributed by atoms with van der Waals surface area (Å²) in [6.45, 7) is 0.108. The molecule has 2 fully saturated rings. The molecule has 1 spiro atoms. The molecule has 2 bridgehead atoms. The van der Waals surface area contributed by atoms with E-state index in [1.807, 2.05) is 12.1 Å². The van der Waals surface area contributed by atoms with Crippen LogP contribution in [0.3, 0.4) is 0 Å². The number of carbonyl (C=O) groups is 3. The normalized spacial score (nSPS) is 28.8. The topological polar surface area (TPSA) is 226 Å². The van der Waals surface area contributed by atoms with Crippen molar-refractivity contribution in [2.75, 3.05) is 18.2 Å². The molecule has 1 saturated carbocycles. The van der Waals surface area contributed by atoms with Crippen LogP contribution in [0.15, 0.2) is 69.6 Å². The molecule has 15 nitrogen and oxygen atoms in total.